The van der Waals surface area contributed by atoms with Crippen LogP contribution in [-0.4, -0.2) is 63.8 Å². The molecule has 1 amide bonds. The van der Waals surface area contributed by atoms with Crippen LogP contribution in [0, 0.1) is 5.92 Å². The molecule has 0 aliphatic carbocycles. The minimum atomic E-state index is -3.28. The monoisotopic (exact) mass is 547 g/mol. The van der Waals surface area contributed by atoms with E-state index in [1.807, 2.05) is 33.9 Å². The third kappa shape index (κ3) is 6.06. The summed E-state index contributed by atoms with van der Waals surface area (Å²) < 4.78 is 30.6. The molecular formula is C20H36N6O8PSi+. The molecule has 5 atom stereocenters. The highest BCUT2D eigenvalue weighted by Crippen LogP contribution is 2.44. The second-order valence-electron chi connectivity index (χ2n) is 10.3. The van der Waals surface area contributed by atoms with Crippen molar-refractivity contribution in [1.29, 1.82) is 0 Å². The highest BCUT2D eigenvalue weighted by atomic mass is 31.1. The van der Waals surface area contributed by atoms with E-state index in [1.165, 1.54) is 10.9 Å². The predicted octanol–water partition coefficient (Wildman–Crippen LogP) is 1.77. The summed E-state index contributed by atoms with van der Waals surface area (Å²) in [6.07, 6.45) is -2.83. The van der Waals surface area contributed by atoms with Crippen molar-refractivity contribution in [2.45, 2.75) is 77.3 Å². The highest BCUT2D eigenvalue weighted by Gasteiger charge is 2.54. The van der Waals surface area contributed by atoms with Gasteiger partial charge in [0.1, 0.15) is 12.2 Å². The number of anilines is 1. The maximum Gasteiger partial charge on any atom is 0.488 e. The first kappa shape index (κ1) is 30.1. The van der Waals surface area contributed by atoms with Crippen LogP contribution >= 0.6 is 8.25 Å². The number of hydrogen-bond donors (Lipinski definition) is 4. The summed E-state index contributed by atoms with van der Waals surface area (Å²) in [5.41, 5.74) is -0.505. The van der Waals surface area contributed by atoms with Gasteiger partial charge in [-0.3, -0.25) is 24.5 Å². The van der Waals surface area contributed by atoms with Crippen LogP contribution in [0.15, 0.2) is 11.1 Å². The number of nitrogens with zero attached hydrogens (tertiary/aromatic N) is 3. The molecule has 16 heteroatoms. The van der Waals surface area contributed by atoms with E-state index in [4.69, 9.17) is 13.7 Å². The van der Waals surface area contributed by atoms with Crippen LogP contribution in [0.2, 0.25) is 18.1 Å². The predicted molar refractivity (Wildman–Crippen MR) is 133 cm³/mol. The smallest absolute Gasteiger partial charge is 0.488 e. The van der Waals surface area contributed by atoms with Crippen molar-refractivity contribution in [3.05, 3.63) is 16.7 Å². The number of aromatic amines is 1. The molecular weight excluding hydrogens is 511 g/mol. The molecule has 2 aromatic heterocycles. The van der Waals surface area contributed by atoms with E-state index in [1.54, 1.807) is 13.8 Å². The second kappa shape index (κ2) is 11.1. The minimum absolute atomic E-state index is 0. The first-order chi connectivity index (χ1) is 16.2. The number of rotatable bonds is 8. The molecule has 1 unspecified atom stereocenters. The SMILES string of the molecule is CC(C)C(=O)Nc1nc2c(ncn2[C@@H]2O[C@H](CO)[C@@H](O[P+](=O)[O-])[C@H]2O[Si](C)(C)C(C)(C)C)c(=O)[nH]1.[NH4+]. The fourth-order valence-electron chi connectivity index (χ4n) is 3.38. The van der Waals surface area contributed by atoms with Gasteiger partial charge in [0.05, 0.1) is 12.9 Å². The van der Waals surface area contributed by atoms with Crippen molar-refractivity contribution < 1.29 is 33.0 Å². The van der Waals surface area contributed by atoms with Gasteiger partial charge in [0.2, 0.25) is 11.9 Å². The number of nitrogens with one attached hydrogen (secondary N) is 2. The number of aliphatic hydroxyl groups is 1. The Hall–Kier alpha value is -2.10. The van der Waals surface area contributed by atoms with Gasteiger partial charge in [0.25, 0.3) is 5.56 Å². The molecule has 2 aromatic rings. The molecule has 14 nitrogen and oxygen atoms in total. The summed E-state index contributed by atoms with van der Waals surface area (Å²) in [5.74, 6) is -0.765. The van der Waals surface area contributed by atoms with Crippen LogP contribution in [0.5, 0.6) is 0 Å². The summed E-state index contributed by atoms with van der Waals surface area (Å²) in [6.45, 7) is 12.9. The number of amides is 1. The maximum absolute atomic E-state index is 12.6. The van der Waals surface area contributed by atoms with Crippen LogP contribution < -0.4 is 21.9 Å². The van der Waals surface area contributed by atoms with Crippen molar-refractivity contribution in [2.24, 2.45) is 5.92 Å². The molecule has 7 N–H and O–H groups in total. The average molecular weight is 548 g/mol. The van der Waals surface area contributed by atoms with Gasteiger partial charge in [-0.2, -0.15) is 4.98 Å². The Labute approximate surface area is 210 Å². The highest BCUT2D eigenvalue weighted by molar-refractivity contribution is 7.30. The lowest BCUT2D eigenvalue weighted by molar-refractivity contribution is -0.193. The van der Waals surface area contributed by atoms with Crippen LogP contribution in [-0.2, 0) is 23.0 Å². The molecule has 36 heavy (non-hydrogen) atoms. The molecule has 202 valence electrons. The first-order valence-corrected chi connectivity index (χ1v) is 15.2. The number of aromatic nitrogens is 4. The molecule has 3 heterocycles. The lowest BCUT2D eigenvalue weighted by atomic mass is 10.1. The fraction of sp³-hybridized carbons (Fsp3) is 0.700. The van der Waals surface area contributed by atoms with Gasteiger partial charge < -0.3 is 25.3 Å². The van der Waals surface area contributed by atoms with Crippen molar-refractivity contribution in [2.75, 3.05) is 11.9 Å². The Morgan fingerprint density at radius 1 is 1.39 bits per heavy atom. The van der Waals surface area contributed by atoms with Gasteiger partial charge in [-0.25, -0.2) is 4.98 Å². The van der Waals surface area contributed by atoms with E-state index in [2.05, 4.69) is 20.3 Å². The van der Waals surface area contributed by atoms with Gasteiger partial charge in [-0.1, -0.05) is 34.6 Å². The maximum atomic E-state index is 12.6. The van der Waals surface area contributed by atoms with Gasteiger partial charge in [-0.15, -0.1) is 4.52 Å². The second-order valence-corrected chi connectivity index (χ2v) is 15.7. The lowest BCUT2D eigenvalue weighted by Crippen LogP contribution is -2.49. The summed E-state index contributed by atoms with van der Waals surface area (Å²) >= 11 is 0. The van der Waals surface area contributed by atoms with E-state index in [0.717, 1.165) is 0 Å². The number of ether oxygens (including phenoxy) is 1. The Morgan fingerprint density at radius 2 is 2.03 bits per heavy atom. The van der Waals surface area contributed by atoms with Crippen molar-refractivity contribution in [3.8, 4) is 0 Å². The molecule has 0 radical (unpaired) electrons. The third-order valence-electron chi connectivity index (χ3n) is 6.38. The summed E-state index contributed by atoms with van der Waals surface area (Å²) in [6, 6.07) is 0. The Balaban J connectivity index is 0.00000456. The number of carbonyl (C=O) groups is 1. The standard InChI is InChI=1S/C20H32N5O8PSi.H3N/c1-10(2)16(27)23-19-22-15-12(17(28)24-19)21-9-25(15)18-14(33-35(6,7)20(3,4)5)13(32-34(29)30)11(8-26)31-18;/h9-11,13-14,18,26H,8H2,1-7H3,(H2,22,23,24,27,28);1H3/p+1/t11-,13-,14-,18-;/m1./s1. The molecule has 0 saturated carbocycles. The molecule has 1 fully saturated rings. The van der Waals surface area contributed by atoms with Gasteiger partial charge in [0.15, 0.2) is 31.8 Å². The minimum Gasteiger partial charge on any atom is -0.566 e. The molecule has 0 bridgehead atoms. The van der Waals surface area contributed by atoms with Crippen molar-refractivity contribution >= 4 is 39.6 Å². The zero-order valence-electron chi connectivity index (χ0n) is 21.8. The number of fused-ring (bicyclic) bond motifs is 1. The zero-order valence-corrected chi connectivity index (χ0v) is 23.7. The number of hydrogen-bond acceptors (Lipinski definition) is 10. The van der Waals surface area contributed by atoms with Crippen molar-refractivity contribution in [3.63, 3.8) is 0 Å². The normalized spacial score (nSPS) is 23.1. The number of H-pyrrole nitrogens is 1. The molecule has 1 saturated heterocycles. The van der Waals surface area contributed by atoms with E-state index in [-0.39, 0.29) is 40.1 Å². The fourth-order valence-corrected chi connectivity index (χ4v) is 5.12. The van der Waals surface area contributed by atoms with E-state index < -0.39 is 53.3 Å². The Morgan fingerprint density at radius 3 is 2.56 bits per heavy atom. The molecule has 1 aliphatic rings. The van der Waals surface area contributed by atoms with Gasteiger partial charge in [-0.05, 0) is 22.7 Å². The summed E-state index contributed by atoms with van der Waals surface area (Å²) in [5, 5.41) is 12.2. The number of imidazole rings is 1. The van der Waals surface area contributed by atoms with Crippen LogP contribution in [0.1, 0.15) is 40.8 Å². The average Bonchev–Trinajstić information content (AvgIpc) is 3.28. The van der Waals surface area contributed by atoms with Crippen LogP contribution in [0.4, 0.5) is 5.95 Å². The summed E-state index contributed by atoms with van der Waals surface area (Å²) in [7, 11) is -5.78. The molecule has 3 rings (SSSR count). The zero-order chi connectivity index (χ0) is 26.3. The molecule has 1 aliphatic heterocycles. The molecule has 0 aromatic carbocycles. The number of aliphatic hydroxyl groups excluding tert-OH is 1. The van der Waals surface area contributed by atoms with E-state index >= 15 is 0 Å². The quantitative estimate of drug-likeness (QED) is 0.277. The van der Waals surface area contributed by atoms with Crippen LogP contribution in [0.3, 0.4) is 0 Å². The first-order valence-electron chi connectivity index (χ1n) is 11.2. The topological polar surface area (TPSA) is 217 Å². The number of carbonyl (C=O) groups excluding carboxylic acids is 1. The summed E-state index contributed by atoms with van der Waals surface area (Å²) in [4.78, 5) is 47.2. The van der Waals surface area contributed by atoms with Gasteiger partial charge >= 0.3 is 8.25 Å². The van der Waals surface area contributed by atoms with Crippen LogP contribution in [0.25, 0.3) is 11.2 Å². The van der Waals surface area contributed by atoms with E-state index in [9.17, 15) is 24.2 Å². The number of quaternary nitrogens is 1. The van der Waals surface area contributed by atoms with Crippen molar-refractivity contribution in [1.82, 2.24) is 25.7 Å². The molecule has 0 spiro atoms. The Kier molecular flexibility index (Phi) is 9.29. The third-order valence-corrected chi connectivity index (χ3v) is 11.3. The Bertz CT molecular complexity index is 1160. The van der Waals surface area contributed by atoms with Gasteiger partial charge in [0, 0.05) is 5.92 Å². The largest absolute Gasteiger partial charge is 0.566 e. The van der Waals surface area contributed by atoms with E-state index in [0.29, 0.717) is 0 Å². The lowest BCUT2D eigenvalue weighted by Gasteiger charge is -2.40.